The van der Waals surface area contributed by atoms with Gasteiger partial charge in [0.2, 0.25) is 0 Å². The van der Waals surface area contributed by atoms with Crippen LogP contribution in [0.3, 0.4) is 0 Å². The Morgan fingerprint density at radius 3 is 2.36 bits per heavy atom. The maximum atomic E-state index is 11.2. The molecule has 0 aliphatic carbocycles. The van der Waals surface area contributed by atoms with Crippen molar-refractivity contribution < 1.29 is 9.72 Å². The van der Waals surface area contributed by atoms with Gasteiger partial charge in [0.15, 0.2) is 5.78 Å². The first-order chi connectivity index (χ1) is 6.43. The van der Waals surface area contributed by atoms with Crippen LogP contribution in [0.15, 0.2) is 12.1 Å². The summed E-state index contributed by atoms with van der Waals surface area (Å²) >= 11 is 0. The topological polar surface area (TPSA) is 60.2 Å². The van der Waals surface area contributed by atoms with Crippen LogP contribution in [0.1, 0.15) is 28.4 Å². The molecule has 1 rings (SSSR count). The fourth-order valence-corrected chi connectivity index (χ4v) is 1.39. The molecule has 0 spiro atoms. The molecule has 0 radical (unpaired) electrons. The molecule has 0 amide bonds. The Hall–Kier alpha value is -1.71. The third-order valence-electron chi connectivity index (χ3n) is 2.10. The molecular formula is C10H11NO3. The maximum absolute atomic E-state index is 11.2. The van der Waals surface area contributed by atoms with Gasteiger partial charge in [0, 0.05) is 17.2 Å². The molecule has 0 fully saturated rings. The van der Waals surface area contributed by atoms with Gasteiger partial charge in [-0.25, -0.2) is 0 Å². The molecule has 74 valence electrons. The van der Waals surface area contributed by atoms with E-state index in [0.717, 1.165) is 5.56 Å². The van der Waals surface area contributed by atoms with E-state index in [9.17, 15) is 14.9 Å². The molecule has 0 bridgehead atoms. The lowest BCUT2D eigenvalue weighted by Crippen LogP contribution is -2.01. The molecule has 0 aliphatic rings. The standard InChI is InChI=1S/C10H11NO3/c1-6-4-9(8(3)12)7(2)10(5-6)11(13)14/h4-5H,1-3H3. The Morgan fingerprint density at radius 2 is 1.93 bits per heavy atom. The fraction of sp³-hybridized carbons (Fsp3) is 0.300. The van der Waals surface area contributed by atoms with Crippen molar-refractivity contribution in [2.75, 3.05) is 0 Å². The lowest BCUT2D eigenvalue weighted by Gasteiger charge is -2.04. The minimum Gasteiger partial charge on any atom is -0.294 e. The number of ketones is 1. The van der Waals surface area contributed by atoms with Crippen molar-refractivity contribution >= 4 is 11.5 Å². The molecule has 14 heavy (non-hydrogen) atoms. The van der Waals surface area contributed by atoms with Crippen LogP contribution >= 0.6 is 0 Å². The zero-order valence-corrected chi connectivity index (χ0v) is 8.33. The Balaban J connectivity index is 3.47. The summed E-state index contributed by atoms with van der Waals surface area (Å²) in [6.07, 6.45) is 0. The normalized spacial score (nSPS) is 9.93. The molecule has 0 saturated carbocycles. The fourth-order valence-electron chi connectivity index (χ4n) is 1.39. The van der Waals surface area contributed by atoms with Gasteiger partial charge >= 0.3 is 0 Å². The van der Waals surface area contributed by atoms with E-state index in [4.69, 9.17) is 0 Å². The first-order valence-electron chi connectivity index (χ1n) is 4.20. The van der Waals surface area contributed by atoms with Gasteiger partial charge in [-0.05, 0) is 32.4 Å². The number of benzene rings is 1. The van der Waals surface area contributed by atoms with Gasteiger partial charge in [-0.3, -0.25) is 14.9 Å². The average molecular weight is 193 g/mol. The van der Waals surface area contributed by atoms with E-state index in [2.05, 4.69) is 0 Å². The van der Waals surface area contributed by atoms with Gasteiger partial charge in [-0.2, -0.15) is 0 Å². The summed E-state index contributed by atoms with van der Waals surface area (Å²) in [5, 5.41) is 10.6. The van der Waals surface area contributed by atoms with Crippen LogP contribution in [0.5, 0.6) is 0 Å². The second-order valence-corrected chi connectivity index (χ2v) is 3.27. The summed E-state index contributed by atoms with van der Waals surface area (Å²) in [6, 6.07) is 3.15. The van der Waals surface area contributed by atoms with Gasteiger partial charge < -0.3 is 0 Å². The van der Waals surface area contributed by atoms with Crippen LogP contribution in [0, 0.1) is 24.0 Å². The number of aryl methyl sites for hydroxylation is 1. The molecule has 0 aliphatic heterocycles. The number of carbonyl (C=O) groups excluding carboxylic acids is 1. The van der Waals surface area contributed by atoms with E-state index in [-0.39, 0.29) is 11.5 Å². The molecule has 4 heteroatoms. The van der Waals surface area contributed by atoms with Crippen molar-refractivity contribution in [3.8, 4) is 0 Å². The highest BCUT2D eigenvalue weighted by molar-refractivity contribution is 5.96. The molecule has 0 N–H and O–H groups in total. The minimum atomic E-state index is -0.464. The molecule has 0 aromatic heterocycles. The first kappa shape index (κ1) is 10.4. The molecular weight excluding hydrogens is 182 g/mol. The van der Waals surface area contributed by atoms with Gasteiger partial charge in [-0.15, -0.1) is 0 Å². The van der Waals surface area contributed by atoms with E-state index in [1.807, 2.05) is 0 Å². The highest BCUT2D eigenvalue weighted by Gasteiger charge is 2.16. The summed E-state index contributed by atoms with van der Waals surface area (Å²) in [5.41, 5.74) is 1.60. The van der Waals surface area contributed by atoms with Crippen molar-refractivity contribution in [3.63, 3.8) is 0 Å². The quantitative estimate of drug-likeness (QED) is 0.411. The number of rotatable bonds is 2. The summed E-state index contributed by atoms with van der Waals surface area (Å²) in [5.74, 6) is -0.144. The van der Waals surface area contributed by atoms with Crippen LogP contribution < -0.4 is 0 Å². The SMILES string of the molecule is CC(=O)c1cc(C)cc([N+](=O)[O-])c1C. The van der Waals surface area contributed by atoms with Crippen LogP contribution in [-0.4, -0.2) is 10.7 Å². The number of hydrogen-bond acceptors (Lipinski definition) is 3. The van der Waals surface area contributed by atoms with Crippen molar-refractivity contribution in [2.24, 2.45) is 0 Å². The number of Topliss-reactive ketones (excluding diaryl/α,β-unsaturated/α-hetero) is 1. The first-order valence-corrected chi connectivity index (χ1v) is 4.20. The van der Waals surface area contributed by atoms with Gasteiger partial charge in [0.25, 0.3) is 5.69 Å². The molecule has 4 nitrogen and oxygen atoms in total. The molecule has 1 aromatic rings. The smallest absolute Gasteiger partial charge is 0.273 e. The maximum Gasteiger partial charge on any atom is 0.273 e. The summed E-state index contributed by atoms with van der Waals surface area (Å²) in [4.78, 5) is 21.4. The van der Waals surface area contributed by atoms with Crippen LogP contribution in [0.2, 0.25) is 0 Å². The van der Waals surface area contributed by atoms with Crippen molar-refractivity contribution in [1.29, 1.82) is 0 Å². The molecule has 0 unspecified atom stereocenters. The number of nitrogens with zero attached hydrogens (tertiary/aromatic N) is 1. The van der Waals surface area contributed by atoms with Gasteiger partial charge in [-0.1, -0.05) is 0 Å². The largest absolute Gasteiger partial charge is 0.294 e. The van der Waals surface area contributed by atoms with Crippen molar-refractivity contribution in [2.45, 2.75) is 20.8 Å². The Bertz CT molecular complexity index is 375. The lowest BCUT2D eigenvalue weighted by molar-refractivity contribution is -0.385. The van der Waals surface area contributed by atoms with Gasteiger partial charge in [0.1, 0.15) is 0 Å². The Morgan fingerprint density at radius 1 is 1.36 bits per heavy atom. The summed E-state index contributed by atoms with van der Waals surface area (Å²) in [6.45, 7) is 4.73. The third kappa shape index (κ3) is 1.79. The predicted molar refractivity (Wildman–Crippen MR) is 52.6 cm³/mol. The Kier molecular flexibility index (Phi) is 2.65. The molecule has 0 saturated heterocycles. The monoisotopic (exact) mass is 193 g/mol. The van der Waals surface area contributed by atoms with E-state index in [1.165, 1.54) is 13.0 Å². The van der Waals surface area contributed by atoms with E-state index in [0.29, 0.717) is 11.1 Å². The Labute approximate surface area is 81.7 Å². The van der Waals surface area contributed by atoms with Crippen LogP contribution in [0.25, 0.3) is 0 Å². The molecule has 0 heterocycles. The highest BCUT2D eigenvalue weighted by Crippen LogP contribution is 2.23. The van der Waals surface area contributed by atoms with E-state index in [1.54, 1.807) is 19.9 Å². The third-order valence-corrected chi connectivity index (χ3v) is 2.10. The van der Waals surface area contributed by atoms with Crippen molar-refractivity contribution in [3.05, 3.63) is 38.9 Å². The van der Waals surface area contributed by atoms with Crippen LogP contribution in [0.4, 0.5) is 5.69 Å². The number of carbonyl (C=O) groups is 1. The number of nitro groups is 1. The summed E-state index contributed by atoms with van der Waals surface area (Å²) in [7, 11) is 0. The predicted octanol–water partition coefficient (Wildman–Crippen LogP) is 2.41. The second-order valence-electron chi connectivity index (χ2n) is 3.27. The van der Waals surface area contributed by atoms with Crippen LogP contribution in [-0.2, 0) is 0 Å². The highest BCUT2D eigenvalue weighted by atomic mass is 16.6. The summed E-state index contributed by atoms with van der Waals surface area (Å²) < 4.78 is 0. The van der Waals surface area contributed by atoms with E-state index < -0.39 is 4.92 Å². The van der Waals surface area contributed by atoms with Crippen molar-refractivity contribution in [1.82, 2.24) is 0 Å². The van der Waals surface area contributed by atoms with Gasteiger partial charge in [0.05, 0.1) is 4.92 Å². The number of hydrogen-bond donors (Lipinski definition) is 0. The second kappa shape index (κ2) is 3.57. The average Bonchev–Trinajstić information content (AvgIpc) is 2.07. The molecule has 0 atom stereocenters. The zero-order valence-electron chi connectivity index (χ0n) is 8.33. The lowest BCUT2D eigenvalue weighted by atomic mass is 10.0. The minimum absolute atomic E-state index is 0.00944. The molecule has 1 aromatic carbocycles. The number of nitro benzene ring substituents is 1. The zero-order chi connectivity index (χ0) is 10.9. The van der Waals surface area contributed by atoms with E-state index >= 15 is 0 Å².